The molecule has 0 amide bonds. The van der Waals surface area contributed by atoms with E-state index in [9.17, 15) is 5.11 Å². The molecule has 0 aliphatic heterocycles. The van der Waals surface area contributed by atoms with E-state index in [1.54, 1.807) is 0 Å². The number of hydrogen-bond donors (Lipinski definition) is 2. The molecule has 3 N–H and O–H groups in total. The summed E-state index contributed by atoms with van der Waals surface area (Å²) in [5.41, 5.74) is 6.28. The number of aliphatic hydroxyl groups excluding tert-OH is 1. The molecule has 2 fully saturated rings. The predicted molar refractivity (Wildman–Crippen MR) is 70.6 cm³/mol. The largest absolute Gasteiger partial charge is 0.393 e. The first-order valence-electron chi connectivity index (χ1n) is 6.68. The van der Waals surface area contributed by atoms with Gasteiger partial charge in [0, 0.05) is 5.54 Å². The van der Waals surface area contributed by atoms with Crippen LogP contribution in [-0.2, 0) is 0 Å². The van der Waals surface area contributed by atoms with Crippen molar-refractivity contribution in [1.29, 1.82) is 0 Å². The standard InChI is InChI=1S/C9H17NO.C6H6/c10-9(5-6-9)7-1-3-8(11)4-2-7;1-2-4-6-5-3-1/h7-8,11H,1-6,10H2;1-6H. The third-order valence-corrected chi connectivity index (χ3v) is 4.00. The topological polar surface area (TPSA) is 46.2 Å². The predicted octanol–water partition coefficient (Wildman–Crippen LogP) is 2.72. The fraction of sp³-hybridized carbons (Fsp3) is 0.600. The quantitative estimate of drug-likeness (QED) is 0.783. The molecule has 3 rings (SSSR count). The maximum Gasteiger partial charge on any atom is 0.0540 e. The van der Waals surface area contributed by atoms with Crippen molar-refractivity contribution >= 4 is 0 Å². The van der Waals surface area contributed by atoms with Gasteiger partial charge in [-0.25, -0.2) is 0 Å². The van der Waals surface area contributed by atoms with Crippen LogP contribution in [0.5, 0.6) is 0 Å². The van der Waals surface area contributed by atoms with Gasteiger partial charge in [0.2, 0.25) is 0 Å². The molecule has 0 aromatic heterocycles. The normalized spacial score (nSPS) is 30.0. The van der Waals surface area contributed by atoms with Crippen LogP contribution in [0.2, 0.25) is 0 Å². The molecule has 0 atom stereocenters. The molecular weight excluding hydrogens is 210 g/mol. The zero-order valence-electron chi connectivity index (χ0n) is 10.4. The Morgan fingerprint density at radius 1 is 0.824 bits per heavy atom. The molecule has 2 aliphatic rings. The third kappa shape index (κ3) is 3.83. The molecule has 2 heteroatoms. The molecular formula is C15H23NO. The van der Waals surface area contributed by atoms with Gasteiger partial charge < -0.3 is 10.8 Å². The Morgan fingerprint density at radius 3 is 1.59 bits per heavy atom. The molecule has 1 aromatic carbocycles. The maximum absolute atomic E-state index is 9.27. The summed E-state index contributed by atoms with van der Waals surface area (Å²) in [5.74, 6) is 0.714. The van der Waals surface area contributed by atoms with E-state index in [-0.39, 0.29) is 11.6 Å². The summed E-state index contributed by atoms with van der Waals surface area (Å²) in [6.07, 6.45) is 6.65. The lowest BCUT2D eigenvalue weighted by atomic mass is 9.81. The lowest BCUT2D eigenvalue weighted by Gasteiger charge is -2.29. The smallest absolute Gasteiger partial charge is 0.0540 e. The lowest BCUT2D eigenvalue weighted by molar-refractivity contribution is 0.0990. The number of nitrogens with two attached hydrogens (primary N) is 1. The van der Waals surface area contributed by atoms with E-state index in [1.165, 1.54) is 12.8 Å². The van der Waals surface area contributed by atoms with Crippen LogP contribution in [0.15, 0.2) is 36.4 Å². The van der Waals surface area contributed by atoms with Gasteiger partial charge in [-0.15, -0.1) is 0 Å². The Kier molecular flexibility index (Phi) is 4.19. The average Bonchev–Trinajstić information content (AvgIpc) is 3.12. The molecule has 1 aromatic rings. The minimum Gasteiger partial charge on any atom is -0.393 e. The maximum atomic E-state index is 9.27. The fourth-order valence-electron chi connectivity index (χ4n) is 2.59. The van der Waals surface area contributed by atoms with E-state index in [0.29, 0.717) is 5.92 Å². The van der Waals surface area contributed by atoms with Crippen molar-refractivity contribution in [2.75, 3.05) is 0 Å². The van der Waals surface area contributed by atoms with Gasteiger partial charge in [0.1, 0.15) is 0 Å². The first-order valence-corrected chi connectivity index (χ1v) is 6.68. The summed E-state index contributed by atoms with van der Waals surface area (Å²) in [5, 5.41) is 9.27. The SMILES string of the molecule is NC1(C2CCC(O)CC2)CC1.c1ccccc1. The Balaban J connectivity index is 0.000000153. The zero-order chi connectivity index (χ0) is 12.1. The summed E-state index contributed by atoms with van der Waals surface area (Å²) in [6, 6.07) is 12.0. The first-order chi connectivity index (χ1) is 8.21. The van der Waals surface area contributed by atoms with Crippen molar-refractivity contribution < 1.29 is 5.11 Å². The van der Waals surface area contributed by atoms with Crippen molar-refractivity contribution in [3.8, 4) is 0 Å². The number of benzene rings is 1. The summed E-state index contributed by atoms with van der Waals surface area (Å²) in [4.78, 5) is 0. The first kappa shape index (κ1) is 12.6. The van der Waals surface area contributed by atoms with Gasteiger partial charge in [-0.1, -0.05) is 36.4 Å². The van der Waals surface area contributed by atoms with E-state index in [2.05, 4.69) is 0 Å². The van der Waals surface area contributed by atoms with Gasteiger partial charge in [0.25, 0.3) is 0 Å². The highest BCUT2D eigenvalue weighted by Crippen LogP contribution is 2.45. The molecule has 0 saturated heterocycles. The molecule has 0 heterocycles. The molecule has 0 spiro atoms. The summed E-state index contributed by atoms with van der Waals surface area (Å²) < 4.78 is 0. The molecule has 2 saturated carbocycles. The minimum absolute atomic E-state index is 0.0337. The van der Waals surface area contributed by atoms with Gasteiger partial charge in [-0.05, 0) is 44.4 Å². The monoisotopic (exact) mass is 233 g/mol. The third-order valence-electron chi connectivity index (χ3n) is 4.00. The Labute approximate surface area is 104 Å². The van der Waals surface area contributed by atoms with Crippen LogP contribution >= 0.6 is 0 Å². The van der Waals surface area contributed by atoms with Crippen molar-refractivity contribution in [3.05, 3.63) is 36.4 Å². The van der Waals surface area contributed by atoms with E-state index in [4.69, 9.17) is 5.73 Å². The number of aliphatic hydroxyl groups is 1. The van der Waals surface area contributed by atoms with Gasteiger partial charge >= 0.3 is 0 Å². The molecule has 94 valence electrons. The molecule has 2 nitrogen and oxygen atoms in total. The molecule has 17 heavy (non-hydrogen) atoms. The Hall–Kier alpha value is -0.860. The van der Waals surface area contributed by atoms with E-state index < -0.39 is 0 Å². The Morgan fingerprint density at radius 2 is 1.24 bits per heavy atom. The van der Waals surface area contributed by atoms with Crippen molar-refractivity contribution in [2.24, 2.45) is 11.7 Å². The molecule has 2 aliphatic carbocycles. The van der Waals surface area contributed by atoms with E-state index in [0.717, 1.165) is 25.7 Å². The van der Waals surface area contributed by atoms with Gasteiger partial charge in [0.15, 0.2) is 0 Å². The van der Waals surface area contributed by atoms with Crippen LogP contribution in [0, 0.1) is 5.92 Å². The van der Waals surface area contributed by atoms with E-state index in [1.807, 2.05) is 36.4 Å². The second kappa shape index (κ2) is 5.65. The summed E-state index contributed by atoms with van der Waals surface area (Å²) >= 11 is 0. The molecule has 0 bridgehead atoms. The zero-order valence-corrected chi connectivity index (χ0v) is 10.4. The van der Waals surface area contributed by atoms with Gasteiger partial charge in [0.05, 0.1) is 6.10 Å². The van der Waals surface area contributed by atoms with Crippen molar-refractivity contribution in [3.63, 3.8) is 0 Å². The van der Waals surface area contributed by atoms with Crippen LogP contribution in [0.3, 0.4) is 0 Å². The van der Waals surface area contributed by atoms with Gasteiger partial charge in [-0.2, -0.15) is 0 Å². The van der Waals surface area contributed by atoms with Crippen molar-refractivity contribution in [1.82, 2.24) is 0 Å². The van der Waals surface area contributed by atoms with Crippen LogP contribution in [0.1, 0.15) is 38.5 Å². The minimum atomic E-state index is -0.0337. The molecule has 0 radical (unpaired) electrons. The van der Waals surface area contributed by atoms with Crippen LogP contribution < -0.4 is 5.73 Å². The molecule has 0 unspecified atom stereocenters. The van der Waals surface area contributed by atoms with Crippen LogP contribution in [0.4, 0.5) is 0 Å². The number of hydrogen-bond acceptors (Lipinski definition) is 2. The second-order valence-electron chi connectivity index (χ2n) is 5.39. The second-order valence-corrected chi connectivity index (χ2v) is 5.39. The average molecular weight is 233 g/mol. The Bertz CT molecular complexity index is 286. The highest BCUT2D eigenvalue weighted by molar-refractivity contribution is 5.04. The lowest BCUT2D eigenvalue weighted by Crippen LogP contribution is -2.36. The summed E-state index contributed by atoms with van der Waals surface area (Å²) in [7, 11) is 0. The highest BCUT2D eigenvalue weighted by atomic mass is 16.3. The van der Waals surface area contributed by atoms with Crippen molar-refractivity contribution in [2.45, 2.75) is 50.2 Å². The summed E-state index contributed by atoms with van der Waals surface area (Å²) in [6.45, 7) is 0. The van der Waals surface area contributed by atoms with Crippen LogP contribution in [0.25, 0.3) is 0 Å². The number of rotatable bonds is 1. The van der Waals surface area contributed by atoms with Gasteiger partial charge in [-0.3, -0.25) is 0 Å². The highest BCUT2D eigenvalue weighted by Gasteiger charge is 2.46. The van der Waals surface area contributed by atoms with Crippen LogP contribution in [-0.4, -0.2) is 16.7 Å². The van der Waals surface area contributed by atoms with E-state index >= 15 is 0 Å². The fourth-order valence-corrected chi connectivity index (χ4v) is 2.59.